The van der Waals surface area contributed by atoms with Crippen LogP contribution in [0.3, 0.4) is 0 Å². The maximum Gasteiger partial charge on any atom is 0.242 e. The summed E-state index contributed by atoms with van der Waals surface area (Å²) in [6.45, 7) is 1.51. The lowest BCUT2D eigenvalue weighted by molar-refractivity contribution is -0.132. The molecule has 3 heterocycles. The topological polar surface area (TPSA) is 71.0 Å². The number of para-hydroxylation sites is 1. The molecular formula is C20H20N4O2. The SMILES string of the molecule is O=C(c1cn(CC(=O)N2CCc3nc[nH]c3C2)c2ccccc12)C1CC1. The highest BCUT2D eigenvalue weighted by atomic mass is 16.2. The molecule has 1 N–H and O–H groups in total. The Hall–Kier alpha value is -2.89. The number of aromatic amines is 1. The number of fused-ring (bicyclic) bond motifs is 2. The van der Waals surface area contributed by atoms with Crippen molar-refractivity contribution in [1.29, 1.82) is 0 Å². The molecule has 0 spiro atoms. The number of H-pyrrole nitrogens is 1. The van der Waals surface area contributed by atoms with Crippen LogP contribution in [0.4, 0.5) is 0 Å². The van der Waals surface area contributed by atoms with Crippen LogP contribution in [0.15, 0.2) is 36.8 Å². The van der Waals surface area contributed by atoms with Crippen LogP contribution in [0, 0.1) is 5.92 Å². The molecule has 1 aliphatic carbocycles. The number of rotatable bonds is 4. The van der Waals surface area contributed by atoms with Gasteiger partial charge in [-0.3, -0.25) is 9.59 Å². The minimum atomic E-state index is 0.0661. The second-order valence-electron chi connectivity index (χ2n) is 7.22. The summed E-state index contributed by atoms with van der Waals surface area (Å²) in [6, 6.07) is 7.86. The van der Waals surface area contributed by atoms with Gasteiger partial charge >= 0.3 is 0 Å². The second-order valence-corrected chi connectivity index (χ2v) is 7.22. The van der Waals surface area contributed by atoms with E-state index in [-0.39, 0.29) is 24.2 Å². The van der Waals surface area contributed by atoms with Crippen molar-refractivity contribution >= 4 is 22.6 Å². The zero-order valence-corrected chi connectivity index (χ0v) is 14.4. The Bertz CT molecular complexity index is 1010. The molecule has 1 fully saturated rings. The van der Waals surface area contributed by atoms with Crippen molar-refractivity contribution in [2.75, 3.05) is 6.54 Å². The number of Topliss-reactive ketones (excluding diaryl/α,β-unsaturated/α-hetero) is 1. The second kappa shape index (κ2) is 5.83. The van der Waals surface area contributed by atoms with Gasteiger partial charge in [0, 0.05) is 41.5 Å². The first-order valence-electron chi connectivity index (χ1n) is 9.11. The van der Waals surface area contributed by atoms with E-state index in [9.17, 15) is 9.59 Å². The fourth-order valence-electron chi connectivity index (χ4n) is 3.81. The minimum absolute atomic E-state index is 0.0661. The number of carbonyl (C=O) groups excluding carboxylic acids is 2. The quantitative estimate of drug-likeness (QED) is 0.737. The molecule has 1 amide bonds. The molecule has 0 saturated heterocycles. The lowest BCUT2D eigenvalue weighted by Gasteiger charge is -2.26. The number of ketones is 1. The molecule has 0 bridgehead atoms. The fourth-order valence-corrected chi connectivity index (χ4v) is 3.81. The Morgan fingerprint density at radius 1 is 1.23 bits per heavy atom. The van der Waals surface area contributed by atoms with Gasteiger partial charge in [0.1, 0.15) is 6.54 Å². The number of benzene rings is 1. The number of carbonyl (C=O) groups is 2. The Labute approximate surface area is 150 Å². The molecule has 6 nitrogen and oxygen atoms in total. The van der Waals surface area contributed by atoms with Crippen molar-refractivity contribution in [2.24, 2.45) is 5.92 Å². The summed E-state index contributed by atoms with van der Waals surface area (Å²) < 4.78 is 1.93. The molecular weight excluding hydrogens is 328 g/mol. The van der Waals surface area contributed by atoms with Crippen LogP contribution in [-0.2, 0) is 24.3 Å². The van der Waals surface area contributed by atoms with E-state index in [0.29, 0.717) is 13.1 Å². The Morgan fingerprint density at radius 2 is 2.08 bits per heavy atom. The zero-order valence-electron chi connectivity index (χ0n) is 14.4. The summed E-state index contributed by atoms with van der Waals surface area (Å²) in [4.78, 5) is 34.7. The van der Waals surface area contributed by atoms with Gasteiger partial charge in [-0.2, -0.15) is 0 Å². The van der Waals surface area contributed by atoms with E-state index in [0.717, 1.165) is 47.1 Å². The number of amides is 1. The number of imidazole rings is 1. The van der Waals surface area contributed by atoms with E-state index >= 15 is 0 Å². The molecule has 6 heteroatoms. The third-order valence-corrected chi connectivity index (χ3v) is 5.44. The summed E-state index contributed by atoms with van der Waals surface area (Å²) in [5.41, 5.74) is 3.78. The van der Waals surface area contributed by atoms with Gasteiger partial charge in [-0.25, -0.2) is 4.98 Å². The van der Waals surface area contributed by atoms with Crippen LogP contribution < -0.4 is 0 Å². The lowest BCUT2D eigenvalue weighted by Crippen LogP contribution is -2.38. The number of aromatic nitrogens is 3. The lowest BCUT2D eigenvalue weighted by atomic mass is 10.1. The van der Waals surface area contributed by atoms with Crippen molar-refractivity contribution in [3.8, 4) is 0 Å². The molecule has 0 atom stereocenters. The van der Waals surface area contributed by atoms with Crippen molar-refractivity contribution in [2.45, 2.75) is 32.4 Å². The first-order valence-corrected chi connectivity index (χ1v) is 9.11. The summed E-state index contributed by atoms with van der Waals surface area (Å²) in [6.07, 6.45) is 6.31. The van der Waals surface area contributed by atoms with Crippen molar-refractivity contribution in [1.82, 2.24) is 19.4 Å². The summed E-state index contributed by atoms with van der Waals surface area (Å²) in [5, 5.41) is 0.951. The molecule has 0 unspecified atom stereocenters. The average molecular weight is 348 g/mol. The normalized spacial score (nSPS) is 16.7. The van der Waals surface area contributed by atoms with E-state index < -0.39 is 0 Å². The van der Waals surface area contributed by atoms with Crippen LogP contribution in [0.5, 0.6) is 0 Å². The molecule has 1 saturated carbocycles. The summed E-state index contributed by atoms with van der Waals surface area (Å²) in [5.74, 6) is 0.453. The van der Waals surface area contributed by atoms with Gasteiger partial charge in [-0.1, -0.05) is 18.2 Å². The number of hydrogen-bond acceptors (Lipinski definition) is 3. The van der Waals surface area contributed by atoms with Crippen LogP contribution in [0.2, 0.25) is 0 Å². The van der Waals surface area contributed by atoms with E-state index in [1.165, 1.54) is 0 Å². The van der Waals surface area contributed by atoms with Crippen molar-refractivity contribution < 1.29 is 9.59 Å². The Kier molecular flexibility index (Phi) is 3.45. The monoisotopic (exact) mass is 348 g/mol. The first kappa shape index (κ1) is 15.4. The van der Waals surface area contributed by atoms with Crippen LogP contribution in [-0.4, -0.2) is 37.7 Å². The van der Waals surface area contributed by atoms with Gasteiger partial charge in [-0.15, -0.1) is 0 Å². The van der Waals surface area contributed by atoms with E-state index in [1.54, 1.807) is 6.33 Å². The maximum absolute atomic E-state index is 12.9. The smallest absolute Gasteiger partial charge is 0.242 e. The summed E-state index contributed by atoms with van der Waals surface area (Å²) in [7, 11) is 0. The first-order chi connectivity index (χ1) is 12.7. The largest absolute Gasteiger partial charge is 0.347 e. The standard InChI is InChI=1S/C20H20N4O2/c25-19(23-8-7-16-17(10-23)22-12-21-16)11-24-9-15(20(26)13-5-6-13)14-3-1-2-4-18(14)24/h1-4,9,12-13H,5-8,10-11H2,(H,21,22). The highest BCUT2D eigenvalue weighted by molar-refractivity contribution is 6.10. The molecule has 26 heavy (non-hydrogen) atoms. The molecule has 2 aliphatic rings. The number of hydrogen-bond donors (Lipinski definition) is 1. The highest BCUT2D eigenvalue weighted by Gasteiger charge is 2.32. The molecule has 132 valence electrons. The summed E-state index contributed by atoms with van der Waals surface area (Å²) >= 11 is 0. The predicted octanol–water partition coefficient (Wildman–Crippen LogP) is 2.54. The minimum Gasteiger partial charge on any atom is -0.347 e. The zero-order chi connectivity index (χ0) is 17.7. The molecule has 1 aliphatic heterocycles. The molecule has 2 aromatic heterocycles. The molecule has 5 rings (SSSR count). The van der Waals surface area contributed by atoms with Crippen molar-refractivity contribution in [3.63, 3.8) is 0 Å². The van der Waals surface area contributed by atoms with Gasteiger partial charge in [-0.05, 0) is 18.9 Å². The Balaban J connectivity index is 1.42. The van der Waals surface area contributed by atoms with Crippen LogP contribution >= 0.6 is 0 Å². The van der Waals surface area contributed by atoms with Crippen LogP contribution in [0.25, 0.3) is 10.9 Å². The van der Waals surface area contributed by atoms with E-state index in [2.05, 4.69) is 9.97 Å². The number of nitrogens with one attached hydrogen (secondary N) is 1. The van der Waals surface area contributed by atoms with Gasteiger partial charge in [0.25, 0.3) is 0 Å². The highest BCUT2D eigenvalue weighted by Crippen LogP contribution is 2.35. The van der Waals surface area contributed by atoms with Gasteiger partial charge < -0.3 is 14.5 Å². The van der Waals surface area contributed by atoms with E-state index in [1.807, 2.05) is 39.9 Å². The van der Waals surface area contributed by atoms with E-state index in [4.69, 9.17) is 0 Å². The average Bonchev–Trinajstić information content (AvgIpc) is 3.30. The van der Waals surface area contributed by atoms with Crippen LogP contribution in [0.1, 0.15) is 34.6 Å². The third kappa shape index (κ3) is 2.53. The Morgan fingerprint density at radius 3 is 2.92 bits per heavy atom. The third-order valence-electron chi connectivity index (χ3n) is 5.44. The number of nitrogens with zero attached hydrogens (tertiary/aromatic N) is 3. The maximum atomic E-state index is 12.9. The molecule has 3 aromatic rings. The predicted molar refractivity (Wildman–Crippen MR) is 96.7 cm³/mol. The van der Waals surface area contributed by atoms with Gasteiger partial charge in [0.05, 0.1) is 24.3 Å². The van der Waals surface area contributed by atoms with Gasteiger partial charge in [0.2, 0.25) is 5.91 Å². The van der Waals surface area contributed by atoms with Gasteiger partial charge in [0.15, 0.2) is 5.78 Å². The fraction of sp³-hybridized carbons (Fsp3) is 0.350. The van der Waals surface area contributed by atoms with Crippen molar-refractivity contribution in [3.05, 3.63) is 53.7 Å². The molecule has 1 aromatic carbocycles. The molecule has 0 radical (unpaired) electrons.